The molecule has 1 fully saturated rings. The van der Waals surface area contributed by atoms with Crippen LogP contribution in [0, 0.1) is 0 Å². The van der Waals surface area contributed by atoms with E-state index in [0.717, 1.165) is 48.8 Å². The Hall–Kier alpha value is -2.36. The third-order valence-electron chi connectivity index (χ3n) is 4.74. The van der Waals surface area contributed by atoms with Gasteiger partial charge in [-0.05, 0) is 25.1 Å². The number of anilines is 1. The second kappa shape index (κ2) is 9.43. The minimum absolute atomic E-state index is 0.215. The summed E-state index contributed by atoms with van der Waals surface area (Å²) in [5, 5.41) is 0.641. The molecule has 0 spiro atoms. The molecule has 0 unspecified atom stereocenters. The number of morpholine rings is 1. The molecule has 1 saturated heterocycles. The summed E-state index contributed by atoms with van der Waals surface area (Å²) in [5.41, 5.74) is 0.840. The summed E-state index contributed by atoms with van der Waals surface area (Å²) in [5.74, 6) is 0.780. The van der Waals surface area contributed by atoms with Gasteiger partial charge < -0.3 is 18.9 Å². The maximum absolute atomic E-state index is 13.2. The molecule has 0 aliphatic carbocycles. The lowest BCUT2D eigenvalue weighted by atomic mass is 10.3. The van der Waals surface area contributed by atoms with E-state index in [-0.39, 0.29) is 11.7 Å². The highest BCUT2D eigenvalue weighted by Crippen LogP contribution is 2.32. The average Bonchev–Trinajstić information content (AvgIpc) is 3.18. The molecular formula is C20H25N3O5S. The number of aromatic nitrogens is 1. The van der Waals surface area contributed by atoms with E-state index in [0.29, 0.717) is 31.5 Å². The highest BCUT2D eigenvalue weighted by atomic mass is 32.1. The maximum atomic E-state index is 13.2. The molecule has 0 saturated carbocycles. The Labute approximate surface area is 173 Å². The van der Waals surface area contributed by atoms with Crippen molar-refractivity contribution in [2.75, 3.05) is 64.1 Å². The summed E-state index contributed by atoms with van der Waals surface area (Å²) in [4.78, 5) is 21.8. The van der Waals surface area contributed by atoms with Gasteiger partial charge in [0.1, 0.15) is 25.2 Å². The number of carbonyl (C=O) groups excluding carboxylic acids is 1. The van der Waals surface area contributed by atoms with E-state index in [4.69, 9.17) is 23.9 Å². The van der Waals surface area contributed by atoms with Crippen LogP contribution in [0.4, 0.5) is 5.13 Å². The number of amides is 1. The molecule has 156 valence electrons. The van der Waals surface area contributed by atoms with Crippen molar-refractivity contribution in [2.45, 2.75) is 6.92 Å². The SMILES string of the molecule is CCOc1ccc2nc(N(CCN3CCOCC3)C(=O)C3=COCCO3)sc2c1. The average molecular weight is 420 g/mol. The first-order valence-electron chi connectivity index (χ1n) is 9.84. The number of hydrogen-bond acceptors (Lipinski definition) is 8. The molecule has 3 heterocycles. The Morgan fingerprint density at radius 1 is 1.28 bits per heavy atom. The molecule has 2 aliphatic rings. The third kappa shape index (κ3) is 4.80. The molecule has 8 nitrogen and oxygen atoms in total. The minimum Gasteiger partial charge on any atom is -0.494 e. The number of fused-ring (bicyclic) bond motifs is 1. The molecule has 29 heavy (non-hydrogen) atoms. The summed E-state index contributed by atoms with van der Waals surface area (Å²) < 4.78 is 22.8. The normalized spacial score (nSPS) is 17.3. The zero-order valence-electron chi connectivity index (χ0n) is 16.5. The number of thiazole rings is 1. The number of carbonyl (C=O) groups is 1. The van der Waals surface area contributed by atoms with Crippen molar-refractivity contribution in [3.05, 3.63) is 30.2 Å². The van der Waals surface area contributed by atoms with Gasteiger partial charge >= 0.3 is 0 Å². The number of hydrogen-bond donors (Lipinski definition) is 0. The quantitative estimate of drug-likeness (QED) is 0.681. The summed E-state index contributed by atoms with van der Waals surface area (Å²) >= 11 is 1.47. The van der Waals surface area contributed by atoms with Gasteiger partial charge in [0.05, 0.1) is 30.0 Å². The molecular weight excluding hydrogens is 394 g/mol. The molecule has 9 heteroatoms. The molecule has 1 amide bonds. The number of nitrogens with zero attached hydrogens (tertiary/aromatic N) is 3. The van der Waals surface area contributed by atoms with Crippen molar-refractivity contribution in [2.24, 2.45) is 0 Å². The van der Waals surface area contributed by atoms with Gasteiger partial charge in [0.2, 0.25) is 5.76 Å². The summed E-state index contributed by atoms with van der Waals surface area (Å²) in [6.07, 6.45) is 1.40. The van der Waals surface area contributed by atoms with E-state index in [1.807, 2.05) is 25.1 Å². The molecule has 0 atom stereocenters. The van der Waals surface area contributed by atoms with E-state index in [2.05, 4.69) is 4.90 Å². The van der Waals surface area contributed by atoms with Crippen molar-refractivity contribution < 1.29 is 23.7 Å². The lowest BCUT2D eigenvalue weighted by Crippen LogP contribution is -2.44. The first-order valence-corrected chi connectivity index (χ1v) is 10.7. The van der Waals surface area contributed by atoms with Crippen LogP contribution in [-0.4, -0.2) is 75.0 Å². The van der Waals surface area contributed by atoms with Crippen LogP contribution >= 0.6 is 11.3 Å². The van der Waals surface area contributed by atoms with Gasteiger partial charge in [-0.2, -0.15) is 0 Å². The molecule has 0 bridgehead atoms. The van der Waals surface area contributed by atoms with Crippen LogP contribution in [0.25, 0.3) is 10.2 Å². The van der Waals surface area contributed by atoms with E-state index in [1.54, 1.807) is 4.90 Å². The Balaban J connectivity index is 1.58. The summed E-state index contributed by atoms with van der Waals surface area (Å²) in [6.45, 7) is 7.79. The molecule has 0 radical (unpaired) electrons. The maximum Gasteiger partial charge on any atom is 0.298 e. The van der Waals surface area contributed by atoms with Gasteiger partial charge in [0, 0.05) is 26.2 Å². The molecule has 1 aromatic heterocycles. The van der Waals surface area contributed by atoms with Gasteiger partial charge in [0.25, 0.3) is 5.91 Å². The van der Waals surface area contributed by atoms with Crippen molar-refractivity contribution in [3.8, 4) is 5.75 Å². The largest absolute Gasteiger partial charge is 0.494 e. The molecule has 4 rings (SSSR count). The topological polar surface area (TPSA) is 73.4 Å². The van der Waals surface area contributed by atoms with E-state index in [1.165, 1.54) is 17.6 Å². The van der Waals surface area contributed by atoms with Crippen LogP contribution in [0.1, 0.15) is 6.92 Å². The fraction of sp³-hybridized carbons (Fsp3) is 0.500. The van der Waals surface area contributed by atoms with Crippen LogP contribution in [0.3, 0.4) is 0 Å². The standard InChI is InChI=1S/C20H25N3O5S/c1-2-27-15-3-4-16-18(13-15)29-20(21-16)23(6-5-22-7-9-25-10-8-22)19(24)17-14-26-11-12-28-17/h3-4,13-14H,2,5-12H2,1H3. The second-order valence-corrected chi connectivity index (χ2v) is 7.68. The Morgan fingerprint density at radius 2 is 2.14 bits per heavy atom. The van der Waals surface area contributed by atoms with Crippen LogP contribution < -0.4 is 9.64 Å². The summed E-state index contributed by atoms with van der Waals surface area (Å²) in [6, 6.07) is 5.78. The van der Waals surface area contributed by atoms with Crippen LogP contribution in [-0.2, 0) is 19.0 Å². The molecule has 1 aromatic carbocycles. The van der Waals surface area contributed by atoms with E-state index < -0.39 is 0 Å². The van der Waals surface area contributed by atoms with E-state index in [9.17, 15) is 4.79 Å². The number of rotatable bonds is 7. The smallest absolute Gasteiger partial charge is 0.298 e. The van der Waals surface area contributed by atoms with Gasteiger partial charge in [-0.25, -0.2) is 4.98 Å². The molecule has 2 aromatic rings. The second-order valence-electron chi connectivity index (χ2n) is 6.67. The number of benzene rings is 1. The Bertz CT molecular complexity index is 878. The van der Waals surface area contributed by atoms with Crippen LogP contribution in [0.15, 0.2) is 30.2 Å². The lowest BCUT2D eigenvalue weighted by molar-refractivity contribution is -0.119. The molecule has 0 N–H and O–H groups in total. The van der Waals surface area contributed by atoms with Crippen molar-refractivity contribution in [1.82, 2.24) is 9.88 Å². The Morgan fingerprint density at radius 3 is 2.90 bits per heavy atom. The zero-order valence-corrected chi connectivity index (χ0v) is 17.3. The summed E-state index contributed by atoms with van der Waals surface area (Å²) in [7, 11) is 0. The van der Waals surface area contributed by atoms with Gasteiger partial charge in [-0.15, -0.1) is 0 Å². The van der Waals surface area contributed by atoms with Crippen LogP contribution in [0.5, 0.6) is 5.75 Å². The predicted molar refractivity (Wildman–Crippen MR) is 110 cm³/mol. The van der Waals surface area contributed by atoms with Crippen molar-refractivity contribution in [1.29, 1.82) is 0 Å². The van der Waals surface area contributed by atoms with Crippen LogP contribution in [0.2, 0.25) is 0 Å². The predicted octanol–water partition coefficient (Wildman–Crippen LogP) is 2.25. The van der Waals surface area contributed by atoms with Gasteiger partial charge in [-0.3, -0.25) is 14.6 Å². The number of ether oxygens (including phenoxy) is 4. The fourth-order valence-corrected chi connectivity index (χ4v) is 4.25. The van der Waals surface area contributed by atoms with Crippen molar-refractivity contribution in [3.63, 3.8) is 0 Å². The van der Waals surface area contributed by atoms with Gasteiger partial charge in [0.15, 0.2) is 5.13 Å². The minimum atomic E-state index is -0.234. The van der Waals surface area contributed by atoms with Crippen molar-refractivity contribution >= 4 is 32.6 Å². The highest BCUT2D eigenvalue weighted by molar-refractivity contribution is 7.22. The first kappa shape index (κ1) is 19.9. The lowest BCUT2D eigenvalue weighted by Gasteiger charge is -2.29. The zero-order chi connectivity index (χ0) is 20.1. The first-order chi connectivity index (χ1) is 14.2. The monoisotopic (exact) mass is 419 g/mol. The van der Waals surface area contributed by atoms with Gasteiger partial charge in [-0.1, -0.05) is 11.3 Å². The third-order valence-corrected chi connectivity index (χ3v) is 5.78. The Kier molecular flexibility index (Phi) is 6.48. The highest BCUT2D eigenvalue weighted by Gasteiger charge is 2.27. The fourth-order valence-electron chi connectivity index (χ4n) is 3.23. The van der Waals surface area contributed by atoms with E-state index >= 15 is 0 Å². The molecule has 2 aliphatic heterocycles.